The lowest BCUT2D eigenvalue weighted by Crippen LogP contribution is -2.41. The molecule has 1 aromatic rings. The number of nitrogens with one attached hydrogen (secondary N) is 1. The molecular formula is C17H25ClN2O3S. The first-order valence-corrected chi connectivity index (χ1v) is 10.4. The van der Waals surface area contributed by atoms with Gasteiger partial charge in [-0.2, -0.15) is 0 Å². The van der Waals surface area contributed by atoms with Gasteiger partial charge in [0, 0.05) is 25.6 Å². The maximum absolute atomic E-state index is 12.4. The van der Waals surface area contributed by atoms with E-state index in [-0.39, 0.29) is 23.5 Å². The third-order valence-electron chi connectivity index (χ3n) is 4.38. The molecule has 0 spiro atoms. The van der Waals surface area contributed by atoms with Crippen LogP contribution in [0.4, 0.5) is 5.69 Å². The van der Waals surface area contributed by atoms with Crippen LogP contribution >= 0.6 is 11.6 Å². The van der Waals surface area contributed by atoms with Crippen LogP contribution in [0.1, 0.15) is 30.9 Å². The van der Waals surface area contributed by atoms with Crippen LogP contribution in [0.3, 0.4) is 0 Å². The zero-order chi connectivity index (χ0) is 17.9. The van der Waals surface area contributed by atoms with E-state index in [0.29, 0.717) is 31.0 Å². The number of benzene rings is 1. The van der Waals surface area contributed by atoms with Gasteiger partial charge >= 0.3 is 0 Å². The average Bonchev–Trinajstić information content (AvgIpc) is 2.82. The first-order valence-electron chi connectivity index (χ1n) is 8.24. The van der Waals surface area contributed by atoms with Crippen molar-refractivity contribution in [2.24, 2.45) is 0 Å². The summed E-state index contributed by atoms with van der Waals surface area (Å²) in [6, 6.07) is 3.75. The summed E-state index contributed by atoms with van der Waals surface area (Å²) in [6.07, 6.45) is 0.853. The molecule has 0 saturated carbocycles. The number of nitrogens with zero attached hydrogens (tertiary/aromatic N) is 1. The molecule has 0 aliphatic carbocycles. The van der Waals surface area contributed by atoms with Crippen LogP contribution in [0.2, 0.25) is 5.02 Å². The van der Waals surface area contributed by atoms with Gasteiger partial charge in [-0.1, -0.05) is 17.7 Å². The summed E-state index contributed by atoms with van der Waals surface area (Å²) >= 11 is 6.25. The number of carbonyl (C=O) groups is 1. The van der Waals surface area contributed by atoms with Gasteiger partial charge in [-0.05, 0) is 44.4 Å². The van der Waals surface area contributed by atoms with Gasteiger partial charge in [0.05, 0.1) is 22.2 Å². The van der Waals surface area contributed by atoms with Crippen molar-refractivity contribution in [3.63, 3.8) is 0 Å². The van der Waals surface area contributed by atoms with Crippen LogP contribution < -0.4 is 5.32 Å². The maximum Gasteiger partial charge on any atom is 0.224 e. The molecule has 1 unspecified atom stereocenters. The molecule has 0 bridgehead atoms. The molecule has 1 saturated heterocycles. The lowest BCUT2D eigenvalue weighted by molar-refractivity contribution is -0.132. The molecule has 1 aliphatic heterocycles. The molecule has 2 rings (SSSR count). The summed E-state index contributed by atoms with van der Waals surface area (Å²) in [4.78, 5) is 14.1. The highest BCUT2D eigenvalue weighted by atomic mass is 35.5. The Bertz CT molecular complexity index is 696. The third kappa shape index (κ3) is 4.63. The zero-order valence-electron chi connectivity index (χ0n) is 14.4. The average molecular weight is 373 g/mol. The van der Waals surface area contributed by atoms with Crippen molar-refractivity contribution in [2.45, 2.75) is 39.7 Å². The normalized spacial score (nSPS) is 19.2. The minimum Gasteiger partial charge on any atom is -0.383 e. The van der Waals surface area contributed by atoms with Crippen LogP contribution in [0.25, 0.3) is 0 Å². The SMILES string of the molecule is CCN(C(=O)CCNc1c(C)cc(C)cc1Cl)C1CCS(=O)(=O)C1. The fourth-order valence-corrected chi connectivity index (χ4v) is 5.36. The van der Waals surface area contributed by atoms with E-state index < -0.39 is 9.84 Å². The number of hydrogen-bond acceptors (Lipinski definition) is 4. The number of aryl methyl sites for hydroxylation is 2. The molecule has 1 amide bonds. The van der Waals surface area contributed by atoms with Gasteiger partial charge in [0.15, 0.2) is 9.84 Å². The summed E-state index contributed by atoms with van der Waals surface area (Å²) in [6.45, 7) is 6.85. The molecule has 1 aromatic carbocycles. The summed E-state index contributed by atoms with van der Waals surface area (Å²) in [5, 5.41) is 3.87. The molecule has 1 N–H and O–H groups in total. The smallest absolute Gasteiger partial charge is 0.224 e. The van der Waals surface area contributed by atoms with E-state index in [4.69, 9.17) is 11.6 Å². The predicted octanol–water partition coefficient (Wildman–Crippen LogP) is 2.79. The van der Waals surface area contributed by atoms with E-state index in [1.165, 1.54) is 0 Å². The highest BCUT2D eigenvalue weighted by molar-refractivity contribution is 7.91. The van der Waals surface area contributed by atoms with Crippen molar-refractivity contribution in [1.82, 2.24) is 4.90 Å². The van der Waals surface area contributed by atoms with Crippen molar-refractivity contribution in [1.29, 1.82) is 0 Å². The first-order chi connectivity index (χ1) is 11.2. The molecule has 5 nitrogen and oxygen atoms in total. The van der Waals surface area contributed by atoms with Crippen molar-refractivity contribution < 1.29 is 13.2 Å². The molecule has 7 heteroatoms. The van der Waals surface area contributed by atoms with E-state index in [1.807, 2.05) is 32.9 Å². The van der Waals surface area contributed by atoms with Crippen LogP contribution in [0, 0.1) is 13.8 Å². The van der Waals surface area contributed by atoms with E-state index in [2.05, 4.69) is 5.32 Å². The highest BCUT2D eigenvalue weighted by Crippen LogP contribution is 2.27. The fourth-order valence-electron chi connectivity index (χ4n) is 3.24. The maximum atomic E-state index is 12.4. The number of carbonyl (C=O) groups excluding carboxylic acids is 1. The predicted molar refractivity (Wildman–Crippen MR) is 98.5 cm³/mol. The second-order valence-electron chi connectivity index (χ2n) is 6.35. The summed E-state index contributed by atoms with van der Waals surface area (Å²) in [5.74, 6) is 0.244. The molecule has 24 heavy (non-hydrogen) atoms. The monoisotopic (exact) mass is 372 g/mol. The zero-order valence-corrected chi connectivity index (χ0v) is 16.0. The molecule has 1 atom stereocenters. The van der Waals surface area contributed by atoms with Gasteiger partial charge in [-0.25, -0.2) is 8.42 Å². The molecule has 0 radical (unpaired) electrons. The van der Waals surface area contributed by atoms with Crippen LogP contribution in [-0.2, 0) is 14.6 Å². The summed E-state index contributed by atoms with van der Waals surface area (Å²) in [7, 11) is -2.99. The Labute approximate surface area is 149 Å². The van der Waals surface area contributed by atoms with Gasteiger partial charge in [0.25, 0.3) is 0 Å². The van der Waals surface area contributed by atoms with E-state index in [1.54, 1.807) is 4.90 Å². The minimum absolute atomic E-state index is 0.0204. The van der Waals surface area contributed by atoms with Gasteiger partial charge in [0.1, 0.15) is 0 Å². The van der Waals surface area contributed by atoms with Crippen molar-refractivity contribution >= 4 is 33.0 Å². The Morgan fingerprint density at radius 2 is 2.08 bits per heavy atom. The van der Waals surface area contributed by atoms with Crippen molar-refractivity contribution in [3.05, 3.63) is 28.3 Å². The van der Waals surface area contributed by atoms with Crippen LogP contribution in [0.5, 0.6) is 0 Å². The lowest BCUT2D eigenvalue weighted by atomic mass is 10.1. The number of halogens is 1. The lowest BCUT2D eigenvalue weighted by Gasteiger charge is -2.27. The number of amides is 1. The van der Waals surface area contributed by atoms with Gasteiger partial charge in [0.2, 0.25) is 5.91 Å². The van der Waals surface area contributed by atoms with Crippen molar-refractivity contribution in [3.8, 4) is 0 Å². The Morgan fingerprint density at radius 3 is 2.62 bits per heavy atom. The van der Waals surface area contributed by atoms with E-state index in [0.717, 1.165) is 16.8 Å². The van der Waals surface area contributed by atoms with Crippen LogP contribution in [0.15, 0.2) is 12.1 Å². The molecule has 0 aromatic heterocycles. The summed E-state index contributed by atoms with van der Waals surface area (Å²) in [5.41, 5.74) is 2.99. The number of rotatable bonds is 6. The minimum atomic E-state index is -2.99. The Hall–Kier alpha value is -1.27. The Morgan fingerprint density at radius 1 is 1.38 bits per heavy atom. The number of sulfone groups is 1. The second kappa shape index (κ2) is 7.74. The van der Waals surface area contributed by atoms with Crippen molar-refractivity contribution in [2.75, 3.05) is 29.9 Å². The third-order valence-corrected chi connectivity index (χ3v) is 6.43. The Kier molecular flexibility index (Phi) is 6.15. The summed E-state index contributed by atoms with van der Waals surface area (Å²) < 4.78 is 23.2. The number of anilines is 1. The molecule has 1 aliphatic rings. The molecule has 134 valence electrons. The second-order valence-corrected chi connectivity index (χ2v) is 8.99. The van der Waals surface area contributed by atoms with Crippen LogP contribution in [-0.4, -0.2) is 49.9 Å². The van der Waals surface area contributed by atoms with Gasteiger partial charge in [-0.3, -0.25) is 4.79 Å². The van der Waals surface area contributed by atoms with Gasteiger partial charge < -0.3 is 10.2 Å². The fraction of sp³-hybridized carbons (Fsp3) is 0.588. The van der Waals surface area contributed by atoms with Gasteiger partial charge in [-0.15, -0.1) is 0 Å². The highest BCUT2D eigenvalue weighted by Gasteiger charge is 2.33. The van der Waals surface area contributed by atoms with E-state index in [9.17, 15) is 13.2 Å². The Balaban J connectivity index is 1.93. The van der Waals surface area contributed by atoms with E-state index >= 15 is 0 Å². The molecule has 1 fully saturated rings. The number of hydrogen-bond donors (Lipinski definition) is 1. The molecular weight excluding hydrogens is 348 g/mol. The standard InChI is InChI=1S/C17H25ClN2O3S/c1-4-20(14-6-8-24(22,23)11-14)16(21)5-7-19-17-13(3)9-12(2)10-15(17)18/h9-10,14,19H,4-8,11H2,1-3H3. The topological polar surface area (TPSA) is 66.5 Å². The largest absolute Gasteiger partial charge is 0.383 e. The first kappa shape index (κ1) is 19.1. The molecule has 1 heterocycles. The quantitative estimate of drug-likeness (QED) is 0.833.